The van der Waals surface area contributed by atoms with Gasteiger partial charge in [-0.15, -0.1) is 4.83 Å². The van der Waals surface area contributed by atoms with Crippen molar-refractivity contribution in [3.8, 4) is 11.5 Å². The van der Waals surface area contributed by atoms with Crippen LogP contribution in [0.3, 0.4) is 0 Å². The van der Waals surface area contributed by atoms with Crippen LogP contribution in [-0.4, -0.2) is 82.7 Å². The molecule has 2 saturated heterocycles. The fraction of sp³-hybridized carbons (Fsp3) is 0.519. The van der Waals surface area contributed by atoms with Crippen molar-refractivity contribution in [3.63, 3.8) is 0 Å². The Balaban J connectivity index is 1.62. The van der Waals surface area contributed by atoms with Crippen molar-refractivity contribution in [1.29, 1.82) is 0 Å². The predicted octanol–water partition coefficient (Wildman–Crippen LogP) is 2.66. The summed E-state index contributed by atoms with van der Waals surface area (Å²) in [7, 11) is 0.842. The highest BCUT2D eigenvalue weighted by Crippen LogP contribution is 2.33. The molecule has 37 heavy (non-hydrogen) atoms. The van der Waals surface area contributed by atoms with Gasteiger partial charge in [0, 0.05) is 45.7 Å². The van der Waals surface area contributed by atoms with Crippen LogP contribution >= 0.6 is 0 Å². The van der Waals surface area contributed by atoms with Crippen LogP contribution in [0.25, 0.3) is 0 Å². The van der Waals surface area contributed by atoms with Gasteiger partial charge in [-0.05, 0) is 42.9 Å². The smallest absolute Gasteiger partial charge is 0.253 e. The molecule has 10 heteroatoms. The van der Waals surface area contributed by atoms with Gasteiger partial charge in [-0.1, -0.05) is 30.3 Å². The SMILES string of the molecule is COc1cc(CC(=O)N(C)C(Cc2ccccc2)N2CCCC2)c(S(=O)(=O)NN2CCCC2)cc1OC. The number of nitrogens with one attached hydrogen (secondary N) is 1. The molecule has 2 aromatic rings. The molecule has 1 N–H and O–H groups in total. The third kappa shape index (κ3) is 6.62. The first kappa shape index (κ1) is 27.4. The molecule has 2 fully saturated rings. The zero-order valence-electron chi connectivity index (χ0n) is 22.0. The summed E-state index contributed by atoms with van der Waals surface area (Å²) < 4.78 is 37.7. The van der Waals surface area contributed by atoms with Crippen LogP contribution in [0.2, 0.25) is 0 Å². The lowest BCUT2D eigenvalue weighted by atomic mass is 10.1. The van der Waals surface area contributed by atoms with E-state index in [1.165, 1.54) is 20.3 Å². The van der Waals surface area contributed by atoms with E-state index in [9.17, 15) is 13.2 Å². The van der Waals surface area contributed by atoms with Gasteiger partial charge in [0.1, 0.15) is 0 Å². The summed E-state index contributed by atoms with van der Waals surface area (Å²) in [6.45, 7) is 3.18. The van der Waals surface area contributed by atoms with Crippen molar-refractivity contribution in [3.05, 3.63) is 53.6 Å². The van der Waals surface area contributed by atoms with Crippen molar-refractivity contribution in [2.24, 2.45) is 0 Å². The van der Waals surface area contributed by atoms with E-state index >= 15 is 0 Å². The summed E-state index contributed by atoms with van der Waals surface area (Å²) in [4.78, 5) is 20.5. The molecule has 0 bridgehead atoms. The number of hydrogen-bond donors (Lipinski definition) is 1. The number of methoxy groups -OCH3 is 2. The van der Waals surface area contributed by atoms with Gasteiger partial charge in [0.05, 0.1) is 31.7 Å². The zero-order valence-corrected chi connectivity index (χ0v) is 22.8. The lowest BCUT2D eigenvalue weighted by Crippen LogP contribution is -2.50. The van der Waals surface area contributed by atoms with Crippen LogP contribution in [0.1, 0.15) is 36.8 Å². The summed E-state index contributed by atoms with van der Waals surface area (Å²) in [6.07, 6.45) is 4.60. The van der Waals surface area contributed by atoms with Gasteiger partial charge in [0.2, 0.25) is 5.91 Å². The molecule has 1 amide bonds. The van der Waals surface area contributed by atoms with Crippen LogP contribution in [0, 0.1) is 0 Å². The highest BCUT2D eigenvalue weighted by molar-refractivity contribution is 7.89. The average molecular weight is 531 g/mol. The molecule has 4 rings (SSSR count). The second kappa shape index (κ2) is 12.3. The number of carbonyl (C=O) groups excluding carboxylic acids is 1. The summed E-state index contributed by atoms with van der Waals surface area (Å²) in [5.41, 5.74) is 1.53. The second-order valence-corrected chi connectivity index (χ2v) is 11.3. The molecular weight excluding hydrogens is 492 g/mol. The summed E-state index contributed by atoms with van der Waals surface area (Å²) >= 11 is 0. The average Bonchev–Trinajstić information content (AvgIpc) is 3.61. The number of carbonyl (C=O) groups is 1. The fourth-order valence-corrected chi connectivity index (χ4v) is 6.51. The highest BCUT2D eigenvalue weighted by Gasteiger charge is 2.31. The minimum absolute atomic E-state index is 0.0274. The van der Waals surface area contributed by atoms with Crippen molar-refractivity contribution >= 4 is 15.9 Å². The molecule has 202 valence electrons. The van der Waals surface area contributed by atoms with E-state index in [2.05, 4.69) is 21.9 Å². The molecule has 2 aliphatic heterocycles. The monoisotopic (exact) mass is 530 g/mol. The molecule has 2 heterocycles. The number of amides is 1. The third-order valence-electron chi connectivity index (χ3n) is 7.22. The van der Waals surface area contributed by atoms with Gasteiger partial charge in [-0.25, -0.2) is 13.4 Å². The third-order valence-corrected chi connectivity index (χ3v) is 8.67. The molecular formula is C27H38N4O5S. The second-order valence-electron chi connectivity index (χ2n) is 9.70. The van der Waals surface area contributed by atoms with E-state index in [0.717, 1.165) is 44.3 Å². The molecule has 0 spiro atoms. The molecule has 0 aliphatic carbocycles. The molecule has 0 aromatic heterocycles. The predicted molar refractivity (Wildman–Crippen MR) is 142 cm³/mol. The maximum absolute atomic E-state index is 13.7. The maximum Gasteiger partial charge on any atom is 0.253 e. The Labute approximate surface area is 220 Å². The van der Waals surface area contributed by atoms with Gasteiger partial charge >= 0.3 is 0 Å². The van der Waals surface area contributed by atoms with Gasteiger partial charge in [0.15, 0.2) is 11.5 Å². The van der Waals surface area contributed by atoms with Crippen LogP contribution in [-0.2, 0) is 27.7 Å². The van der Waals surface area contributed by atoms with Crippen molar-refractivity contribution in [1.82, 2.24) is 19.6 Å². The van der Waals surface area contributed by atoms with Gasteiger partial charge < -0.3 is 14.4 Å². The lowest BCUT2D eigenvalue weighted by Gasteiger charge is -2.36. The Bertz CT molecular complexity index is 1160. The molecule has 0 saturated carbocycles. The van der Waals surface area contributed by atoms with Gasteiger partial charge in [-0.2, -0.15) is 0 Å². The largest absolute Gasteiger partial charge is 0.493 e. The number of likely N-dealkylation sites (tertiary alicyclic amines) is 1. The first-order chi connectivity index (χ1) is 17.8. The number of nitrogens with zero attached hydrogens (tertiary/aromatic N) is 3. The Morgan fingerprint density at radius 2 is 1.57 bits per heavy atom. The number of hydrazine groups is 1. The number of likely N-dealkylation sites (N-methyl/N-ethyl adjacent to an activating group) is 1. The molecule has 0 radical (unpaired) electrons. The summed E-state index contributed by atoms with van der Waals surface area (Å²) in [5.74, 6) is 0.527. The van der Waals surface area contributed by atoms with Crippen LogP contribution in [0.15, 0.2) is 47.4 Å². The maximum atomic E-state index is 13.7. The van der Waals surface area contributed by atoms with Gasteiger partial charge in [-0.3, -0.25) is 9.69 Å². The molecule has 2 aliphatic rings. The van der Waals surface area contributed by atoms with E-state index in [1.807, 2.05) is 25.2 Å². The number of rotatable bonds is 11. The molecule has 9 nitrogen and oxygen atoms in total. The summed E-state index contributed by atoms with van der Waals surface area (Å²) in [6, 6.07) is 13.2. The number of sulfonamides is 1. The Hall–Kier alpha value is -2.66. The van der Waals surface area contributed by atoms with Gasteiger partial charge in [0.25, 0.3) is 10.0 Å². The van der Waals surface area contributed by atoms with Crippen molar-refractivity contribution in [2.75, 3.05) is 47.4 Å². The van der Waals surface area contributed by atoms with Crippen LogP contribution in [0.4, 0.5) is 0 Å². The van der Waals surface area contributed by atoms with E-state index in [0.29, 0.717) is 36.6 Å². The van der Waals surface area contributed by atoms with E-state index in [4.69, 9.17) is 9.47 Å². The topological polar surface area (TPSA) is 91.4 Å². The quantitative estimate of drug-likeness (QED) is 0.478. The molecule has 1 unspecified atom stereocenters. The minimum atomic E-state index is -3.93. The Morgan fingerprint density at radius 1 is 0.973 bits per heavy atom. The first-order valence-corrected chi connectivity index (χ1v) is 14.4. The van der Waals surface area contributed by atoms with E-state index in [1.54, 1.807) is 16.0 Å². The highest BCUT2D eigenvalue weighted by atomic mass is 32.2. The van der Waals surface area contributed by atoms with Crippen molar-refractivity contribution in [2.45, 2.75) is 49.6 Å². The molecule has 2 aromatic carbocycles. The number of benzene rings is 2. The Morgan fingerprint density at radius 3 is 2.19 bits per heavy atom. The molecule has 1 atom stereocenters. The first-order valence-electron chi connectivity index (χ1n) is 12.9. The number of hydrogen-bond acceptors (Lipinski definition) is 7. The summed E-state index contributed by atoms with van der Waals surface area (Å²) in [5, 5.41) is 1.70. The van der Waals surface area contributed by atoms with E-state index < -0.39 is 10.0 Å². The lowest BCUT2D eigenvalue weighted by molar-refractivity contribution is -0.134. The van der Waals surface area contributed by atoms with Crippen LogP contribution in [0.5, 0.6) is 11.5 Å². The fourth-order valence-electron chi connectivity index (χ4n) is 5.15. The normalized spacial score (nSPS) is 17.6. The Kier molecular flexibility index (Phi) is 9.07. The minimum Gasteiger partial charge on any atom is -0.493 e. The van der Waals surface area contributed by atoms with Crippen molar-refractivity contribution < 1.29 is 22.7 Å². The number of ether oxygens (including phenoxy) is 2. The zero-order chi connectivity index (χ0) is 26.4. The standard InChI is InChI=1S/C27H38N4O5S/c1-29(26(30-13-7-8-14-30)17-21-11-5-4-6-12-21)27(32)19-22-18-23(35-2)24(36-3)20-25(22)37(33,34)28-31-15-9-10-16-31/h4-6,11-12,18,20,26,28H,7-10,13-17,19H2,1-3H3. The van der Waals surface area contributed by atoms with E-state index in [-0.39, 0.29) is 23.4 Å². The van der Waals surface area contributed by atoms with Crippen LogP contribution < -0.4 is 14.3 Å².